The number of carbonyl (C=O) groups excluding carboxylic acids is 2. The summed E-state index contributed by atoms with van der Waals surface area (Å²) in [6.07, 6.45) is 9.81. The van der Waals surface area contributed by atoms with Gasteiger partial charge in [0.15, 0.2) is 0 Å². The quantitative estimate of drug-likeness (QED) is 0.391. The number of unbranched alkanes of at least 4 members (excludes halogenated alkanes) is 4. The fraction of sp³-hybridized carbons (Fsp3) is 0.652. The maximum absolute atomic E-state index is 12.2. The molecule has 7 heteroatoms. The molecule has 2 heterocycles. The number of aryl methyl sites for hydroxylation is 2. The van der Waals surface area contributed by atoms with Crippen LogP contribution in [-0.2, 0) is 20.9 Å². The number of rotatable bonds is 13. The number of nitrogens with one attached hydrogen (secondary N) is 1. The van der Waals surface area contributed by atoms with Gasteiger partial charge in [-0.15, -0.1) is 0 Å². The van der Waals surface area contributed by atoms with Gasteiger partial charge in [-0.05, 0) is 45.1 Å². The van der Waals surface area contributed by atoms with Crippen molar-refractivity contribution >= 4 is 22.9 Å². The van der Waals surface area contributed by atoms with E-state index in [9.17, 15) is 9.59 Å². The summed E-state index contributed by atoms with van der Waals surface area (Å²) in [5.74, 6) is 0.928. The lowest BCUT2D eigenvalue weighted by Gasteiger charge is -2.19. The zero-order chi connectivity index (χ0) is 21.9. The van der Waals surface area contributed by atoms with Crippen molar-refractivity contribution in [3.8, 4) is 0 Å². The van der Waals surface area contributed by atoms with Crippen molar-refractivity contribution in [2.24, 2.45) is 5.92 Å². The van der Waals surface area contributed by atoms with Gasteiger partial charge in [-0.3, -0.25) is 9.78 Å². The maximum atomic E-state index is 12.2. The molecule has 0 spiro atoms. The van der Waals surface area contributed by atoms with Gasteiger partial charge < -0.3 is 14.6 Å². The van der Waals surface area contributed by atoms with Crippen molar-refractivity contribution in [2.45, 2.75) is 85.2 Å². The van der Waals surface area contributed by atoms with Crippen molar-refractivity contribution in [1.29, 1.82) is 0 Å². The smallest absolute Gasteiger partial charge is 0.328 e. The summed E-state index contributed by atoms with van der Waals surface area (Å²) in [4.78, 5) is 33.0. The second kappa shape index (κ2) is 12.3. The summed E-state index contributed by atoms with van der Waals surface area (Å²) in [7, 11) is 0. The van der Waals surface area contributed by atoms with E-state index in [1.807, 2.05) is 33.0 Å². The van der Waals surface area contributed by atoms with E-state index in [1.54, 1.807) is 13.1 Å². The molecule has 7 nitrogen and oxygen atoms in total. The molecular weight excluding hydrogens is 380 g/mol. The van der Waals surface area contributed by atoms with Crippen molar-refractivity contribution in [2.75, 3.05) is 6.61 Å². The van der Waals surface area contributed by atoms with E-state index in [0.29, 0.717) is 25.4 Å². The molecule has 0 aliphatic heterocycles. The molecule has 0 aliphatic carbocycles. The van der Waals surface area contributed by atoms with E-state index >= 15 is 0 Å². The Hall–Kier alpha value is -2.44. The molecule has 0 saturated heterocycles. The Morgan fingerprint density at radius 2 is 1.90 bits per heavy atom. The Labute approximate surface area is 179 Å². The normalized spacial score (nSPS) is 12.3. The van der Waals surface area contributed by atoms with E-state index in [2.05, 4.69) is 19.9 Å². The summed E-state index contributed by atoms with van der Waals surface area (Å²) in [5.41, 5.74) is 2.08. The minimum Gasteiger partial charge on any atom is -0.464 e. The average molecular weight is 417 g/mol. The number of fused-ring (bicyclic) bond motifs is 1. The van der Waals surface area contributed by atoms with Crippen LogP contribution in [-0.4, -0.2) is 39.1 Å². The first kappa shape index (κ1) is 23.8. The molecule has 0 unspecified atom stereocenters. The van der Waals surface area contributed by atoms with Gasteiger partial charge in [-0.2, -0.15) is 0 Å². The molecule has 2 aromatic heterocycles. The van der Waals surface area contributed by atoms with Gasteiger partial charge in [0, 0.05) is 19.2 Å². The molecule has 30 heavy (non-hydrogen) atoms. The molecule has 1 N–H and O–H groups in total. The summed E-state index contributed by atoms with van der Waals surface area (Å²) in [5, 5.41) is 2.85. The first-order valence-corrected chi connectivity index (χ1v) is 11.1. The van der Waals surface area contributed by atoms with Crippen LogP contribution < -0.4 is 5.32 Å². The van der Waals surface area contributed by atoms with Crippen LogP contribution in [0, 0.1) is 12.8 Å². The zero-order valence-electron chi connectivity index (χ0n) is 18.8. The van der Waals surface area contributed by atoms with Crippen LogP contribution >= 0.6 is 0 Å². The van der Waals surface area contributed by atoms with E-state index in [-0.39, 0.29) is 11.9 Å². The number of pyridine rings is 1. The van der Waals surface area contributed by atoms with E-state index in [1.165, 1.54) is 0 Å². The van der Waals surface area contributed by atoms with Gasteiger partial charge >= 0.3 is 5.97 Å². The highest BCUT2D eigenvalue weighted by molar-refractivity contribution is 5.84. The summed E-state index contributed by atoms with van der Waals surface area (Å²) < 4.78 is 7.30. The number of hydrogen-bond acceptors (Lipinski definition) is 5. The lowest BCUT2D eigenvalue weighted by atomic mass is 10.0. The maximum Gasteiger partial charge on any atom is 0.328 e. The lowest BCUT2D eigenvalue weighted by molar-refractivity contribution is -0.147. The van der Waals surface area contributed by atoms with E-state index in [0.717, 1.165) is 55.5 Å². The minimum absolute atomic E-state index is 0.0679. The number of aromatic nitrogens is 3. The lowest BCUT2D eigenvalue weighted by Crippen LogP contribution is -2.42. The van der Waals surface area contributed by atoms with E-state index in [4.69, 9.17) is 4.74 Å². The van der Waals surface area contributed by atoms with Gasteiger partial charge in [0.1, 0.15) is 11.9 Å². The van der Waals surface area contributed by atoms with Crippen LogP contribution in [0.2, 0.25) is 0 Å². The Morgan fingerprint density at radius 3 is 2.63 bits per heavy atom. The third kappa shape index (κ3) is 7.43. The summed E-state index contributed by atoms with van der Waals surface area (Å²) in [6.45, 7) is 9.13. The monoisotopic (exact) mass is 416 g/mol. The molecule has 0 bridgehead atoms. The van der Waals surface area contributed by atoms with Crippen molar-refractivity contribution < 1.29 is 14.3 Å². The number of esters is 1. The van der Waals surface area contributed by atoms with Crippen molar-refractivity contribution in [1.82, 2.24) is 19.9 Å². The van der Waals surface area contributed by atoms with Crippen LogP contribution in [0.4, 0.5) is 0 Å². The minimum atomic E-state index is -0.541. The summed E-state index contributed by atoms with van der Waals surface area (Å²) in [6, 6.07) is 1.40. The number of nitrogens with zero attached hydrogens (tertiary/aromatic N) is 3. The third-order valence-electron chi connectivity index (χ3n) is 5.14. The number of hydrogen-bond donors (Lipinski definition) is 1. The average Bonchev–Trinajstić information content (AvgIpc) is 3.01. The van der Waals surface area contributed by atoms with Crippen LogP contribution in [0.1, 0.15) is 71.5 Å². The number of imidazole rings is 1. The molecule has 0 fully saturated rings. The van der Waals surface area contributed by atoms with Crippen LogP contribution in [0.3, 0.4) is 0 Å². The predicted molar refractivity (Wildman–Crippen MR) is 118 cm³/mol. The Morgan fingerprint density at radius 1 is 1.17 bits per heavy atom. The number of ether oxygens (including phenoxy) is 1. The van der Waals surface area contributed by atoms with Crippen molar-refractivity contribution in [3.63, 3.8) is 0 Å². The zero-order valence-corrected chi connectivity index (χ0v) is 18.8. The topological polar surface area (TPSA) is 86.1 Å². The molecule has 166 valence electrons. The molecule has 0 aliphatic rings. The Kier molecular flexibility index (Phi) is 9.77. The molecule has 0 radical (unpaired) electrons. The standard InChI is InChI=1S/C23H36N4O3/c1-5-30-23(29)20(15-17(2)3)26-22(28)11-9-7-6-8-10-14-27-18(4)25-19-12-13-24-16-21(19)27/h12-13,16-17,20H,5-11,14-15H2,1-4H3,(H,26,28)/t20-/m0/s1. The molecule has 0 saturated carbocycles. The highest BCUT2D eigenvalue weighted by Crippen LogP contribution is 2.16. The van der Waals surface area contributed by atoms with Crippen molar-refractivity contribution in [3.05, 3.63) is 24.3 Å². The molecule has 2 aromatic rings. The van der Waals surface area contributed by atoms with Crippen LogP contribution in [0.5, 0.6) is 0 Å². The number of carbonyl (C=O) groups is 2. The Balaban J connectivity index is 1.64. The highest BCUT2D eigenvalue weighted by atomic mass is 16.5. The largest absolute Gasteiger partial charge is 0.464 e. The molecule has 2 rings (SSSR count). The first-order valence-electron chi connectivity index (χ1n) is 11.1. The van der Waals surface area contributed by atoms with Gasteiger partial charge in [0.2, 0.25) is 5.91 Å². The van der Waals surface area contributed by atoms with Gasteiger partial charge in [-0.25, -0.2) is 9.78 Å². The molecule has 1 amide bonds. The highest BCUT2D eigenvalue weighted by Gasteiger charge is 2.22. The van der Waals surface area contributed by atoms with Gasteiger partial charge in [0.25, 0.3) is 0 Å². The molecule has 1 atom stereocenters. The first-order chi connectivity index (χ1) is 14.4. The fourth-order valence-corrected chi connectivity index (χ4v) is 3.65. The van der Waals surface area contributed by atoms with E-state index < -0.39 is 6.04 Å². The SMILES string of the molecule is CCOC(=O)[C@H](CC(C)C)NC(=O)CCCCCCCn1c(C)nc2ccncc21. The van der Waals surface area contributed by atoms with Gasteiger partial charge in [0.05, 0.1) is 23.8 Å². The molecule has 0 aromatic carbocycles. The Bertz CT molecular complexity index is 816. The van der Waals surface area contributed by atoms with Crippen LogP contribution in [0.15, 0.2) is 18.5 Å². The van der Waals surface area contributed by atoms with Gasteiger partial charge in [-0.1, -0.05) is 33.1 Å². The molecular formula is C23H36N4O3. The predicted octanol–water partition coefficient (Wildman–Crippen LogP) is 4.17. The fourth-order valence-electron chi connectivity index (χ4n) is 3.65. The summed E-state index contributed by atoms with van der Waals surface area (Å²) >= 11 is 0. The third-order valence-corrected chi connectivity index (χ3v) is 5.14. The van der Waals surface area contributed by atoms with Crippen LogP contribution in [0.25, 0.3) is 11.0 Å². The second-order valence-corrected chi connectivity index (χ2v) is 8.19. The second-order valence-electron chi connectivity index (χ2n) is 8.19. The number of amides is 1.